The van der Waals surface area contributed by atoms with E-state index in [1.54, 1.807) is 4.90 Å². The van der Waals surface area contributed by atoms with Crippen molar-refractivity contribution in [3.05, 3.63) is 0 Å². The van der Waals surface area contributed by atoms with Crippen LogP contribution in [0, 0.1) is 0 Å². The number of carbonyl (C=O) groups is 2. The standard InChI is InChI=1S/C12H20N2O3/c1-2-4-10-12(16)13-7-11(15)14(10)8-9-5-3-6-17-9/h9-10H,2-8H2,1H3,(H,13,16). The number of piperazine rings is 1. The van der Waals surface area contributed by atoms with Gasteiger partial charge >= 0.3 is 0 Å². The average Bonchev–Trinajstić information content (AvgIpc) is 2.81. The predicted molar refractivity (Wildman–Crippen MR) is 62.4 cm³/mol. The van der Waals surface area contributed by atoms with Crippen LogP contribution >= 0.6 is 0 Å². The molecule has 2 aliphatic heterocycles. The van der Waals surface area contributed by atoms with E-state index in [1.807, 2.05) is 6.92 Å². The molecule has 0 aliphatic carbocycles. The van der Waals surface area contributed by atoms with E-state index in [9.17, 15) is 9.59 Å². The van der Waals surface area contributed by atoms with Crippen molar-refractivity contribution in [2.45, 2.75) is 44.8 Å². The second kappa shape index (κ2) is 5.49. The van der Waals surface area contributed by atoms with E-state index in [-0.39, 0.29) is 30.5 Å². The SMILES string of the molecule is CCCC1C(=O)NCC(=O)N1CC1CCCO1. The number of hydrogen-bond donors (Lipinski definition) is 1. The van der Waals surface area contributed by atoms with E-state index in [2.05, 4.69) is 5.32 Å². The summed E-state index contributed by atoms with van der Waals surface area (Å²) >= 11 is 0. The van der Waals surface area contributed by atoms with E-state index in [1.165, 1.54) is 0 Å². The molecule has 2 atom stereocenters. The van der Waals surface area contributed by atoms with Crippen LogP contribution in [-0.4, -0.2) is 48.6 Å². The lowest BCUT2D eigenvalue weighted by molar-refractivity contribution is -0.147. The molecule has 2 amide bonds. The zero-order valence-electron chi connectivity index (χ0n) is 10.3. The maximum Gasteiger partial charge on any atom is 0.243 e. The summed E-state index contributed by atoms with van der Waals surface area (Å²) in [6, 6.07) is -0.301. The maximum absolute atomic E-state index is 11.9. The van der Waals surface area contributed by atoms with Crippen molar-refractivity contribution in [2.24, 2.45) is 0 Å². The monoisotopic (exact) mass is 240 g/mol. The lowest BCUT2D eigenvalue weighted by atomic mass is 10.1. The van der Waals surface area contributed by atoms with Gasteiger partial charge in [-0.15, -0.1) is 0 Å². The summed E-state index contributed by atoms with van der Waals surface area (Å²) in [6.45, 7) is 3.50. The normalized spacial score (nSPS) is 29.6. The van der Waals surface area contributed by atoms with Crippen LogP contribution in [0.25, 0.3) is 0 Å². The Bertz CT molecular complexity index is 300. The predicted octanol–water partition coefficient (Wildman–Crippen LogP) is 0.293. The summed E-state index contributed by atoms with van der Waals surface area (Å²) < 4.78 is 5.54. The number of amides is 2. The van der Waals surface area contributed by atoms with E-state index in [0.717, 1.165) is 32.3 Å². The first-order valence-electron chi connectivity index (χ1n) is 6.41. The van der Waals surface area contributed by atoms with Crippen molar-refractivity contribution in [3.8, 4) is 0 Å². The second-order valence-corrected chi connectivity index (χ2v) is 4.70. The van der Waals surface area contributed by atoms with Crippen LogP contribution in [0.3, 0.4) is 0 Å². The summed E-state index contributed by atoms with van der Waals surface area (Å²) in [5.74, 6) is -0.0111. The van der Waals surface area contributed by atoms with Gasteiger partial charge in [-0.2, -0.15) is 0 Å². The van der Waals surface area contributed by atoms with Crippen molar-refractivity contribution >= 4 is 11.8 Å². The Labute approximate surface area is 101 Å². The highest BCUT2D eigenvalue weighted by atomic mass is 16.5. The fourth-order valence-corrected chi connectivity index (χ4v) is 2.49. The van der Waals surface area contributed by atoms with Gasteiger partial charge in [-0.25, -0.2) is 0 Å². The molecule has 2 rings (SSSR count). The number of nitrogens with zero attached hydrogens (tertiary/aromatic N) is 1. The van der Waals surface area contributed by atoms with Gasteiger partial charge in [0.2, 0.25) is 11.8 Å². The van der Waals surface area contributed by atoms with Crippen LogP contribution in [-0.2, 0) is 14.3 Å². The zero-order chi connectivity index (χ0) is 12.3. The molecule has 0 aromatic heterocycles. The van der Waals surface area contributed by atoms with Crippen LogP contribution in [0.15, 0.2) is 0 Å². The Morgan fingerprint density at radius 3 is 2.94 bits per heavy atom. The Morgan fingerprint density at radius 2 is 2.29 bits per heavy atom. The van der Waals surface area contributed by atoms with Crippen molar-refractivity contribution in [1.82, 2.24) is 10.2 Å². The molecule has 96 valence electrons. The van der Waals surface area contributed by atoms with E-state index in [0.29, 0.717) is 6.54 Å². The van der Waals surface area contributed by atoms with Crippen LogP contribution in [0.5, 0.6) is 0 Å². The molecule has 17 heavy (non-hydrogen) atoms. The zero-order valence-corrected chi connectivity index (χ0v) is 10.3. The first kappa shape index (κ1) is 12.4. The minimum Gasteiger partial charge on any atom is -0.376 e. The molecular formula is C12H20N2O3. The van der Waals surface area contributed by atoms with Crippen LogP contribution in [0.2, 0.25) is 0 Å². The molecule has 0 saturated carbocycles. The maximum atomic E-state index is 11.9. The second-order valence-electron chi connectivity index (χ2n) is 4.70. The Hall–Kier alpha value is -1.10. The molecule has 1 N–H and O–H groups in total. The number of rotatable bonds is 4. The van der Waals surface area contributed by atoms with Gasteiger partial charge in [-0.05, 0) is 19.3 Å². The van der Waals surface area contributed by atoms with Gasteiger partial charge in [-0.1, -0.05) is 13.3 Å². The molecule has 2 heterocycles. The molecule has 0 radical (unpaired) electrons. The number of nitrogens with one attached hydrogen (secondary N) is 1. The van der Waals surface area contributed by atoms with Gasteiger partial charge in [0, 0.05) is 13.2 Å². The summed E-state index contributed by atoms with van der Waals surface area (Å²) in [4.78, 5) is 25.3. The average molecular weight is 240 g/mol. The van der Waals surface area contributed by atoms with Crippen LogP contribution in [0.4, 0.5) is 0 Å². The molecule has 2 unspecified atom stereocenters. The van der Waals surface area contributed by atoms with Gasteiger partial charge in [0.1, 0.15) is 6.04 Å². The minimum absolute atomic E-state index is 0.0125. The molecule has 5 heteroatoms. The lowest BCUT2D eigenvalue weighted by Crippen LogP contribution is -2.59. The van der Waals surface area contributed by atoms with E-state index >= 15 is 0 Å². The smallest absolute Gasteiger partial charge is 0.243 e. The van der Waals surface area contributed by atoms with Crippen molar-refractivity contribution < 1.29 is 14.3 Å². The molecule has 0 spiro atoms. The largest absolute Gasteiger partial charge is 0.376 e. The third-order valence-electron chi connectivity index (χ3n) is 3.40. The third kappa shape index (κ3) is 2.77. The van der Waals surface area contributed by atoms with Gasteiger partial charge in [0.25, 0.3) is 0 Å². The fraction of sp³-hybridized carbons (Fsp3) is 0.833. The van der Waals surface area contributed by atoms with Gasteiger partial charge in [0.15, 0.2) is 0 Å². The molecule has 2 fully saturated rings. The fourth-order valence-electron chi connectivity index (χ4n) is 2.49. The first-order valence-corrected chi connectivity index (χ1v) is 6.41. The Balaban J connectivity index is 2.02. The first-order chi connectivity index (χ1) is 8.22. The van der Waals surface area contributed by atoms with Crippen molar-refractivity contribution in [1.29, 1.82) is 0 Å². The number of carbonyl (C=O) groups excluding carboxylic acids is 2. The van der Waals surface area contributed by atoms with Crippen LogP contribution < -0.4 is 5.32 Å². The summed E-state index contributed by atoms with van der Waals surface area (Å²) in [5.41, 5.74) is 0. The minimum atomic E-state index is -0.301. The molecular weight excluding hydrogens is 220 g/mol. The Kier molecular flexibility index (Phi) is 3.99. The van der Waals surface area contributed by atoms with Gasteiger partial charge < -0.3 is 15.0 Å². The Morgan fingerprint density at radius 1 is 1.47 bits per heavy atom. The molecule has 5 nitrogen and oxygen atoms in total. The molecule has 0 bridgehead atoms. The number of ether oxygens (including phenoxy) is 1. The molecule has 0 aromatic carbocycles. The van der Waals surface area contributed by atoms with Gasteiger partial charge in [0.05, 0.1) is 12.6 Å². The number of hydrogen-bond acceptors (Lipinski definition) is 3. The molecule has 2 aliphatic rings. The highest BCUT2D eigenvalue weighted by Crippen LogP contribution is 2.18. The molecule has 2 saturated heterocycles. The van der Waals surface area contributed by atoms with Crippen molar-refractivity contribution in [2.75, 3.05) is 19.7 Å². The topological polar surface area (TPSA) is 58.6 Å². The summed E-state index contributed by atoms with van der Waals surface area (Å²) in [5, 5.41) is 2.65. The third-order valence-corrected chi connectivity index (χ3v) is 3.40. The quantitative estimate of drug-likeness (QED) is 0.768. The van der Waals surface area contributed by atoms with Crippen LogP contribution in [0.1, 0.15) is 32.6 Å². The molecule has 0 aromatic rings. The summed E-state index contributed by atoms with van der Waals surface area (Å²) in [7, 11) is 0. The highest BCUT2D eigenvalue weighted by molar-refractivity contribution is 5.94. The van der Waals surface area contributed by atoms with Gasteiger partial charge in [-0.3, -0.25) is 9.59 Å². The van der Waals surface area contributed by atoms with Crippen molar-refractivity contribution in [3.63, 3.8) is 0 Å². The lowest BCUT2D eigenvalue weighted by Gasteiger charge is -2.36. The summed E-state index contributed by atoms with van der Waals surface area (Å²) in [6.07, 6.45) is 3.78. The van der Waals surface area contributed by atoms with E-state index < -0.39 is 0 Å². The van der Waals surface area contributed by atoms with E-state index in [4.69, 9.17) is 4.74 Å². The highest BCUT2D eigenvalue weighted by Gasteiger charge is 2.35.